The van der Waals surface area contributed by atoms with E-state index in [0.29, 0.717) is 34.1 Å². The van der Waals surface area contributed by atoms with Gasteiger partial charge >= 0.3 is 12.1 Å². The van der Waals surface area contributed by atoms with Crippen molar-refractivity contribution in [3.8, 4) is 28.7 Å². The van der Waals surface area contributed by atoms with Crippen molar-refractivity contribution in [3.63, 3.8) is 0 Å². The predicted molar refractivity (Wildman–Crippen MR) is 123 cm³/mol. The highest BCUT2D eigenvalue weighted by atomic mass is 19.4. The lowest BCUT2D eigenvalue weighted by molar-refractivity contribution is -0.138. The van der Waals surface area contributed by atoms with Crippen molar-refractivity contribution in [1.82, 2.24) is 0 Å². The zero-order chi connectivity index (χ0) is 25.4. The van der Waals surface area contributed by atoms with Crippen molar-refractivity contribution in [2.45, 2.75) is 12.6 Å². The van der Waals surface area contributed by atoms with E-state index in [1.54, 1.807) is 48.6 Å². The molecule has 3 aromatic rings. The smallest absolute Gasteiger partial charge is 0.416 e. The molecule has 0 saturated carbocycles. The fourth-order valence-corrected chi connectivity index (χ4v) is 3.20. The van der Waals surface area contributed by atoms with Gasteiger partial charge < -0.3 is 24.1 Å². The summed E-state index contributed by atoms with van der Waals surface area (Å²) >= 11 is 0. The molecule has 184 valence electrons. The summed E-state index contributed by atoms with van der Waals surface area (Å²) in [5.41, 5.74) is 0.386. The molecule has 0 aliphatic carbocycles. The van der Waals surface area contributed by atoms with Gasteiger partial charge in [0.15, 0.2) is 11.5 Å². The molecule has 6 nitrogen and oxygen atoms in total. The fourth-order valence-electron chi connectivity index (χ4n) is 3.20. The van der Waals surface area contributed by atoms with Crippen LogP contribution >= 0.6 is 0 Å². The molecule has 3 rings (SSSR count). The molecule has 0 atom stereocenters. The van der Waals surface area contributed by atoms with Crippen LogP contribution in [0.4, 0.5) is 13.2 Å². The Morgan fingerprint density at radius 3 is 2.26 bits per heavy atom. The number of halogens is 3. The Morgan fingerprint density at radius 2 is 1.63 bits per heavy atom. The maximum absolute atomic E-state index is 12.6. The monoisotopic (exact) mass is 488 g/mol. The van der Waals surface area contributed by atoms with Crippen LogP contribution in [-0.2, 0) is 17.4 Å². The van der Waals surface area contributed by atoms with Gasteiger partial charge in [-0.1, -0.05) is 24.3 Å². The molecule has 0 saturated heterocycles. The van der Waals surface area contributed by atoms with E-state index in [9.17, 15) is 18.0 Å². The molecule has 0 fully saturated rings. The minimum Gasteiger partial charge on any atom is -0.493 e. The first kappa shape index (κ1) is 25.5. The molecule has 9 heteroatoms. The van der Waals surface area contributed by atoms with Gasteiger partial charge in [-0.15, -0.1) is 0 Å². The molecular weight excluding hydrogens is 465 g/mol. The van der Waals surface area contributed by atoms with Crippen LogP contribution in [0.25, 0.3) is 6.08 Å². The summed E-state index contributed by atoms with van der Waals surface area (Å²) in [6.07, 6.45) is -1.25. The summed E-state index contributed by atoms with van der Waals surface area (Å²) in [6.45, 7) is 0.176. The summed E-state index contributed by atoms with van der Waals surface area (Å²) in [5.74, 6) is 0.842. The van der Waals surface area contributed by atoms with Crippen LogP contribution in [0.3, 0.4) is 0 Å². The fraction of sp³-hybridized carbons (Fsp3) is 0.192. The van der Waals surface area contributed by atoms with Crippen molar-refractivity contribution < 1.29 is 42.0 Å². The standard InChI is InChI=1S/C26H23F3O6/c1-32-22-13-18(15-24(30)31)14-23(25(22)33-2)35-21-7-3-6-20(16-21)34-12-4-5-17-8-10-19(11-9-17)26(27,28)29/h3-11,13-14,16H,12,15H2,1-2H3,(H,30,31)/b5-4+. The van der Waals surface area contributed by atoms with E-state index >= 15 is 0 Å². The highest BCUT2D eigenvalue weighted by Crippen LogP contribution is 2.41. The maximum Gasteiger partial charge on any atom is 0.416 e. The SMILES string of the molecule is COc1cc(CC(=O)O)cc(Oc2cccc(OC/C=C/c3ccc(C(F)(F)F)cc3)c2)c1OC. The second-order valence-corrected chi connectivity index (χ2v) is 7.31. The molecule has 1 N–H and O–H groups in total. The van der Waals surface area contributed by atoms with Gasteiger partial charge in [-0.3, -0.25) is 4.79 Å². The minimum atomic E-state index is -4.37. The third kappa shape index (κ3) is 7.17. The molecule has 0 spiro atoms. The van der Waals surface area contributed by atoms with Gasteiger partial charge in [-0.25, -0.2) is 0 Å². The topological polar surface area (TPSA) is 74.2 Å². The first-order valence-electron chi connectivity index (χ1n) is 10.4. The van der Waals surface area contributed by atoms with Crippen LogP contribution < -0.4 is 18.9 Å². The number of alkyl halides is 3. The number of ether oxygens (including phenoxy) is 4. The maximum atomic E-state index is 12.6. The Morgan fingerprint density at radius 1 is 0.943 bits per heavy atom. The van der Waals surface area contributed by atoms with Crippen LogP contribution in [0, 0.1) is 0 Å². The van der Waals surface area contributed by atoms with Crippen LogP contribution in [0.1, 0.15) is 16.7 Å². The predicted octanol–water partition coefficient (Wildman–Crippen LogP) is 6.23. The van der Waals surface area contributed by atoms with Gasteiger partial charge in [0.25, 0.3) is 0 Å². The van der Waals surface area contributed by atoms with Crippen LogP contribution in [0.5, 0.6) is 28.7 Å². The number of rotatable bonds is 10. The van der Waals surface area contributed by atoms with Gasteiger partial charge in [-0.2, -0.15) is 13.2 Å². The van der Waals surface area contributed by atoms with Crippen LogP contribution in [0.2, 0.25) is 0 Å². The molecule has 0 bridgehead atoms. The summed E-state index contributed by atoms with van der Waals surface area (Å²) in [7, 11) is 2.89. The lowest BCUT2D eigenvalue weighted by atomic mass is 10.1. The zero-order valence-electron chi connectivity index (χ0n) is 19.0. The minimum absolute atomic E-state index is 0.176. The van der Waals surface area contributed by atoms with E-state index in [1.165, 1.54) is 26.4 Å². The number of carboxylic acids is 1. The zero-order valence-corrected chi connectivity index (χ0v) is 19.0. The van der Waals surface area contributed by atoms with E-state index in [2.05, 4.69) is 0 Å². The van der Waals surface area contributed by atoms with Crippen molar-refractivity contribution in [2.24, 2.45) is 0 Å². The van der Waals surface area contributed by atoms with E-state index in [4.69, 9.17) is 24.1 Å². The van der Waals surface area contributed by atoms with Crippen molar-refractivity contribution in [1.29, 1.82) is 0 Å². The molecule has 0 aliphatic heterocycles. The van der Waals surface area contributed by atoms with Gasteiger partial charge in [0.2, 0.25) is 5.75 Å². The molecule has 0 unspecified atom stereocenters. The molecule has 0 radical (unpaired) electrons. The van der Waals surface area contributed by atoms with E-state index in [0.717, 1.165) is 12.1 Å². The second-order valence-electron chi connectivity index (χ2n) is 7.31. The summed E-state index contributed by atoms with van der Waals surface area (Å²) in [6, 6.07) is 14.7. The number of hydrogen-bond donors (Lipinski definition) is 1. The molecule has 0 aliphatic rings. The number of carboxylic acid groups (broad SMARTS) is 1. The Hall–Kier alpha value is -4.14. The number of carbonyl (C=O) groups is 1. The number of aliphatic carboxylic acids is 1. The highest BCUT2D eigenvalue weighted by Gasteiger charge is 2.29. The van der Waals surface area contributed by atoms with E-state index in [-0.39, 0.29) is 18.8 Å². The number of methoxy groups -OCH3 is 2. The van der Waals surface area contributed by atoms with Gasteiger partial charge in [0.05, 0.1) is 26.2 Å². The Kier molecular flexibility index (Phi) is 8.25. The third-order valence-electron chi connectivity index (χ3n) is 4.79. The summed E-state index contributed by atoms with van der Waals surface area (Å²) < 4.78 is 60.2. The van der Waals surface area contributed by atoms with E-state index in [1.807, 2.05) is 0 Å². The molecular formula is C26H23F3O6. The quantitative estimate of drug-likeness (QED) is 0.365. The normalized spacial score (nSPS) is 11.3. The summed E-state index contributed by atoms with van der Waals surface area (Å²) in [4.78, 5) is 11.1. The average molecular weight is 488 g/mol. The Labute approximate surface area is 200 Å². The average Bonchev–Trinajstić information content (AvgIpc) is 2.81. The van der Waals surface area contributed by atoms with E-state index < -0.39 is 17.7 Å². The molecule has 0 heterocycles. The molecule has 35 heavy (non-hydrogen) atoms. The summed E-state index contributed by atoms with van der Waals surface area (Å²) in [5, 5.41) is 9.11. The first-order chi connectivity index (χ1) is 16.7. The van der Waals surface area contributed by atoms with Gasteiger partial charge in [-0.05, 0) is 53.6 Å². The lowest BCUT2D eigenvalue weighted by Crippen LogP contribution is -2.04. The first-order valence-corrected chi connectivity index (χ1v) is 10.4. The van der Waals surface area contributed by atoms with Crippen LogP contribution in [-0.4, -0.2) is 31.9 Å². The Balaban J connectivity index is 1.68. The van der Waals surface area contributed by atoms with Crippen LogP contribution in [0.15, 0.2) is 66.7 Å². The number of hydrogen-bond acceptors (Lipinski definition) is 5. The van der Waals surface area contributed by atoms with Crippen molar-refractivity contribution in [3.05, 3.63) is 83.4 Å². The largest absolute Gasteiger partial charge is 0.493 e. The Bertz CT molecular complexity index is 1190. The van der Waals surface area contributed by atoms with Crippen molar-refractivity contribution >= 4 is 12.0 Å². The lowest BCUT2D eigenvalue weighted by Gasteiger charge is -2.15. The molecule has 0 aromatic heterocycles. The number of benzene rings is 3. The van der Waals surface area contributed by atoms with Gasteiger partial charge in [0, 0.05) is 6.07 Å². The molecule has 0 amide bonds. The molecule has 3 aromatic carbocycles. The van der Waals surface area contributed by atoms with Crippen molar-refractivity contribution in [2.75, 3.05) is 20.8 Å². The third-order valence-corrected chi connectivity index (χ3v) is 4.79. The van der Waals surface area contributed by atoms with Gasteiger partial charge in [0.1, 0.15) is 18.1 Å². The second kappa shape index (κ2) is 11.3. The highest BCUT2D eigenvalue weighted by molar-refractivity contribution is 5.71.